The van der Waals surface area contributed by atoms with Crippen LogP contribution in [0.5, 0.6) is 0 Å². The number of urea groups is 1. The molecule has 0 aliphatic carbocycles. The molecule has 2 aromatic carbocycles. The van der Waals surface area contributed by atoms with Gasteiger partial charge in [-0.25, -0.2) is 9.18 Å². The molecule has 2 heterocycles. The molecule has 7 heteroatoms. The molecule has 6 nitrogen and oxygen atoms in total. The number of carbonyl (C=O) groups is 2. The zero-order chi connectivity index (χ0) is 22.5. The summed E-state index contributed by atoms with van der Waals surface area (Å²) in [6, 6.07) is 10.9. The van der Waals surface area contributed by atoms with Gasteiger partial charge in [0.1, 0.15) is 5.82 Å². The van der Waals surface area contributed by atoms with Gasteiger partial charge in [0.2, 0.25) is 0 Å². The van der Waals surface area contributed by atoms with Crippen molar-refractivity contribution in [2.75, 3.05) is 41.7 Å². The molecule has 32 heavy (non-hydrogen) atoms. The number of amides is 3. The van der Waals surface area contributed by atoms with Crippen LogP contribution in [-0.2, 0) is 0 Å². The van der Waals surface area contributed by atoms with E-state index in [0.29, 0.717) is 17.2 Å². The molecule has 2 aromatic rings. The van der Waals surface area contributed by atoms with Crippen LogP contribution in [0.1, 0.15) is 49.4 Å². The molecule has 2 aliphatic rings. The molecule has 2 N–H and O–H groups in total. The molecule has 0 atom stereocenters. The van der Waals surface area contributed by atoms with Gasteiger partial charge in [-0.1, -0.05) is 19.1 Å². The summed E-state index contributed by atoms with van der Waals surface area (Å²) < 4.78 is 13.9. The fraction of sp³-hybridized carbons (Fsp3) is 0.440. The van der Waals surface area contributed by atoms with Gasteiger partial charge in [-0.2, -0.15) is 0 Å². The van der Waals surface area contributed by atoms with Crippen molar-refractivity contribution in [1.29, 1.82) is 0 Å². The van der Waals surface area contributed by atoms with Gasteiger partial charge in [-0.05, 0) is 68.4 Å². The molecule has 0 saturated carbocycles. The quantitative estimate of drug-likeness (QED) is 0.678. The first-order valence-electron chi connectivity index (χ1n) is 11.5. The Labute approximate surface area is 188 Å². The van der Waals surface area contributed by atoms with Crippen molar-refractivity contribution in [3.63, 3.8) is 0 Å². The molecule has 0 unspecified atom stereocenters. The summed E-state index contributed by atoms with van der Waals surface area (Å²) in [5.41, 5.74) is 2.15. The highest BCUT2D eigenvalue weighted by atomic mass is 19.1. The number of likely N-dealkylation sites (tertiary alicyclic amines) is 1. The largest absolute Gasteiger partial charge is 0.371 e. The van der Waals surface area contributed by atoms with E-state index in [0.717, 1.165) is 57.5 Å². The average Bonchev–Trinajstić information content (AvgIpc) is 2.81. The monoisotopic (exact) mass is 438 g/mol. The van der Waals surface area contributed by atoms with Crippen LogP contribution in [0.4, 0.5) is 26.2 Å². The van der Waals surface area contributed by atoms with Crippen molar-refractivity contribution in [3.8, 4) is 0 Å². The minimum absolute atomic E-state index is 0.00985. The minimum atomic E-state index is -0.550. The van der Waals surface area contributed by atoms with Crippen LogP contribution in [0.3, 0.4) is 0 Å². The summed E-state index contributed by atoms with van der Waals surface area (Å²) in [4.78, 5) is 30.1. The predicted octanol–water partition coefficient (Wildman–Crippen LogP) is 5.33. The highest BCUT2D eigenvalue weighted by Gasteiger charge is 2.26. The maximum atomic E-state index is 13.9. The molecule has 3 amide bonds. The Morgan fingerprint density at radius 3 is 2.38 bits per heavy atom. The normalized spacial score (nSPS) is 17.2. The molecule has 4 rings (SSSR count). The number of hydrogen-bond donors (Lipinski definition) is 2. The highest BCUT2D eigenvalue weighted by molar-refractivity contribution is 6.04. The smallest absolute Gasteiger partial charge is 0.323 e. The summed E-state index contributed by atoms with van der Waals surface area (Å²) in [5, 5.41) is 5.27. The number of halogens is 1. The van der Waals surface area contributed by atoms with Crippen LogP contribution >= 0.6 is 0 Å². The average molecular weight is 439 g/mol. The van der Waals surface area contributed by atoms with Gasteiger partial charge in [-0.15, -0.1) is 0 Å². The lowest BCUT2D eigenvalue weighted by Crippen LogP contribution is -2.39. The predicted molar refractivity (Wildman–Crippen MR) is 126 cm³/mol. The van der Waals surface area contributed by atoms with Crippen molar-refractivity contribution in [2.24, 2.45) is 5.92 Å². The van der Waals surface area contributed by atoms with Gasteiger partial charge in [0, 0.05) is 37.6 Å². The SMILES string of the molecule is CC1CCN(C(=O)c2cc(NC(=O)Nc3ccccc3F)ccc2N2CCCCC2)CC1. The zero-order valence-electron chi connectivity index (χ0n) is 18.6. The van der Waals surface area contributed by atoms with Crippen LogP contribution in [0, 0.1) is 11.7 Å². The van der Waals surface area contributed by atoms with Gasteiger partial charge in [0.25, 0.3) is 5.91 Å². The van der Waals surface area contributed by atoms with Gasteiger partial charge in [0.15, 0.2) is 0 Å². The van der Waals surface area contributed by atoms with Crippen LogP contribution in [0.2, 0.25) is 0 Å². The van der Waals surface area contributed by atoms with E-state index in [4.69, 9.17) is 0 Å². The van der Waals surface area contributed by atoms with Crippen LogP contribution < -0.4 is 15.5 Å². The fourth-order valence-corrected chi connectivity index (χ4v) is 4.42. The van der Waals surface area contributed by atoms with Gasteiger partial charge >= 0.3 is 6.03 Å². The first kappa shape index (κ1) is 22.1. The number of nitrogens with zero attached hydrogens (tertiary/aromatic N) is 2. The van der Waals surface area contributed by atoms with E-state index in [9.17, 15) is 14.0 Å². The van der Waals surface area contributed by atoms with Gasteiger partial charge < -0.3 is 20.4 Å². The summed E-state index contributed by atoms with van der Waals surface area (Å²) in [6.45, 7) is 5.59. The number of para-hydroxylation sites is 1. The maximum absolute atomic E-state index is 13.9. The fourth-order valence-electron chi connectivity index (χ4n) is 4.42. The Morgan fingerprint density at radius 1 is 0.938 bits per heavy atom. The molecule has 170 valence electrons. The second-order valence-corrected chi connectivity index (χ2v) is 8.81. The summed E-state index contributed by atoms with van der Waals surface area (Å²) in [5.74, 6) is 0.143. The lowest BCUT2D eigenvalue weighted by Gasteiger charge is -2.34. The van der Waals surface area contributed by atoms with Crippen LogP contribution in [0.25, 0.3) is 0 Å². The molecule has 2 fully saturated rings. The Morgan fingerprint density at radius 2 is 1.66 bits per heavy atom. The van der Waals surface area contributed by atoms with Gasteiger partial charge in [-0.3, -0.25) is 4.79 Å². The number of benzene rings is 2. The van der Waals surface area contributed by atoms with Crippen LogP contribution in [0.15, 0.2) is 42.5 Å². The lowest BCUT2D eigenvalue weighted by molar-refractivity contribution is 0.0697. The number of carbonyl (C=O) groups excluding carboxylic acids is 2. The number of rotatable bonds is 4. The van der Waals surface area contributed by atoms with Crippen molar-refractivity contribution >= 4 is 29.0 Å². The molecule has 0 radical (unpaired) electrons. The summed E-state index contributed by atoms with van der Waals surface area (Å²) in [6.07, 6.45) is 5.45. The number of nitrogens with one attached hydrogen (secondary N) is 2. The first-order chi connectivity index (χ1) is 15.5. The maximum Gasteiger partial charge on any atom is 0.323 e. The second kappa shape index (κ2) is 10.0. The Hall–Kier alpha value is -3.09. The lowest BCUT2D eigenvalue weighted by atomic mass is 9.98. The van der Waals surface area contributed by atoms with E-state index in [2.05, 4.69) is 22.5 Å². The Kier molecular flexibility index (Phi) is 6.93. The van der Waals surface area contributed by atoms with Crippen molar-refractivity contribution < 1.29 is 14.0 Å². The Bertz CT molecular complexity index is 966. The van der Waals surface area contributed by atoms with Crippen molar-refractivity contribution in [3.05, 3.63) is 53.8 Å². The highest BCUT2D eigenvalue weighted by Crippen LogP contribution is 2.30. The number of anilines is 3. The van der Waals surface area contributed by atoms with E-state index in [1.54, 1.807) is 24.3 Å². The van der Waals surface area contributed by atoms with Gasteiger partial charge in [0.05, 0.1) is 11.3 Å². The number of piperidine rings is 2. The third-order valence-corrected chi connectivity index (χ3v) is 6.37. The standard InChI is InChI=1S/C25H31FN4O2/c1-18-11-15-30(16-12-18)24(31)20-17-19(9-10-23(20)29-13-5-2-6-14-29)27-25(32)28-22-8-4-3-7-21(22)26/h3-4,7-10,17-18H,2,5-6,11-16H2,1H3,(H2,27,28,32). The molecule has 0 aromatic heterocycles. The van der Waals surface area contributed by atoms with E-state index < -0.39 is 11.8 Å². The third-order valence-electron chi connectivity index (χ3n) is 6.37. The summed E-state index contributed by atoms with van der Waals surface area (Å²) >= 11 is 0. The van der Waals surface area contributed by atoms with E-state index in [1.807, 2.05) is 11.0 Å². The topological polar surface area (TPSA) is 64.7 Å². The van der Waals surface area contributed by atoms with Crippen molar-refractivity contribution in [1.82, 2.24) is 4.90 Å². The molecule has 0 spiro atoms. The second-order valence-electron chi connectivity index (χ2n) is 8.81. The van der Waals surface area contributed by atoms with E-state index in [1.165, 1.54) is 18.6 Å². The molecular formula is C25H31FN4O2. The molecule has 0 bridgehead atoms. The summed E-state index contributed by atoms with van der Waals surface area (Å²) in [7, 11) is 0. The Balaban J connectivity index is 1.55. The van der Waals surface area contributed by atoms with E-state index >= 15 is 0 Å². The first-order valence-corrected chi connectivity index (χ1v) is 11.5. The third kappa shape index (κ3) is 5.21. The van der Waals surface area contributed by atoms with Crippen molar-refractivity contribution in [2.45, 2.75) is 39.0 Å². The molecule has 2 aliphatic heterocycles. The zero-order valence-corrected chi connectivity index (χ0v) is 18.6. The minimum Gasteiger partial charge on any atom is -0.371 e. The van der Waals surface area contributed by atoms with E-state index in [-0.39, 0.29) is 11.6 Å². The van der Waals surface area contributed by atoms with Crippen LogP contribution in [-0.4, -0.2) is 43.0 Å². The molecular weight excluding hydrogens is 407 g/mol. The molecule has 2 saturated heterocycles. The number of hydrogen-bond acceptors (Lipinski definition) is 3.